The number of carboxylic acid groups (broad SMARTS) is 2. The quantitative estimate of drug-likeness (QED) is 0.238. The van der Waals surface area contributed by atoms with Crippen molar-refractivity contribution in [1.82, 2.24) is 0 Å². The van der Waals surface area contributed by atoms with Crippen molar-refractivity contribution in [3.05, 3.63) is 0 Å². The maximum absolute atomic E-state index is 11.4. The van der Waals surface area contributed by atoms with Gasteiger partial charge in [-0.25, -0.2) is 9.59 Å². The van der Waals surface area contributed by atoms with E-state index in [-0.39, 0.29) is 0 Å². The summed E-state index contributed by atoms with van der Waals surface area (Å²) in [5.41, 5.74) is 0. The number of aliphatic hydroxyl groups excluding tert-OH is 5. The van der Waals surface area contributed by atoms with Crippen LogP contribution in [0.15, 0.2) is 0 Å². The Morgan fingerprint density at radius 3 is 1.73 bits per heavy atom. The number of carboxylic acids is 2. The highest BCUT2D eigenvalue weighted by Crippen LogP contribution is 2.29. The van der Waals surface area contributed by atoms with E-state index in [2.05, 4.69) is 0 Å². The number of methoxy groups -OCH3 is 1. The molecular formula is C13H20O13. The molecule has 150 valence electrons. The molecule has 0 bridgehead atoms. The molecule has 0 saturated carbocycles. The molecule has 0 aliphatic carbocycles. The number of aliphatic carboxylic acids is 2. The fourth-order valence-corrected chi connectivity index (χ4v) is 2.70. The highest BCUT2D eigenvalue weighted by Gasteiger charge is 2.53. The minimum absolute atomic E-state index is 1.10. The van der Waals surface area contributed by atoms with Gasteiger partial charge in [0.2, 0.25) is 0 Å². The normalized spacial score (nSPS) is 46.7. The third kappa shape index (κ3) is 3.80. The molecule has 13 nitrogen and oxygen atoms in total. The molecule has 6 unspecified atom stereocenters. The second-order valence-corrected chi connectivity index (χ2v) is 5.82. The van der Waals surface area contributed by atoms with Crippen LogP contribution in [0, 0.1) is 0 Å². The van der Waals surface area contributed by atoms with Gasteiger partial charge in [0.25, 0.3) is 0 Å². The number of hydrogen-bond donors (Lipinski definition) is 7. The van der Waals surface area contributed by atoms with E-state index in [1.807, 2.05) is 0 Å². The van der Waals surface area contributed by atoms with Crippen LogP contribution in [0.5, 0.6) is 0 Å². The molecule has 2 saturated heterocycles. The number of ether oxygens (including phenoxy) is 4. The summed E-state index contributed by atoms with van der Waals surface area (Å²) in [6.07, 6.45) is -18.6. The molecule has 0 radical (unpaired) electrons. The van der Waals surface area contributed by atoms with Crippen LogP contribution in [0.1, 0.15) is 0 Å². The Hall–Kier alpha value is -1.42. The van der Waals surface area contributed by atoms with Crippen LogP contribution in [-0.4, -0.2) is 116 Å². The number of aliphatic hydroxyl groups is 5. The average molecular weight is 384 g/mol. The second-order valence-electron chi connectivity index (χ2n) is 5.82. The number of hydrogen-bond acceptors (Lipinski definition) is 11. The largest absolute Gasteiger partial charge is 0.479 e. The topological polar surface area (TPSA) is 213 Å². The molecule has 2 heterocycles. The molecule has 13 heteroatoms. The molecule has 0 spiro atoms. The van der Waals surface area contributed by atoms with E-state index >= 15 is 0 Å². The van der Waals surface area contributed by atoms with Gasteiger partial charge in [0, 0.05) is 7.11 Å². The van der Waals surface area contributed by atoms with Crippen LogP contribution in [0.2, 0.25) is 0 Å². The third-order valence-corrected chi connectivity index (χ3v) is 4.12. The zero-order chi connectivity index (χ0) is 19.8. The van der Waals surface area contributed by atoms with E-state index in [9.17, 15) is 40.2 Å². The van der Waals surface area contributed by atoms with Gasteiger partial charge < -0.3 is 54.7 Å². The van der Waals surface area contributed by atoms with Gasteiger partial charge in [-0.05, 0) is 0 Å². The van der Waals surface area contributed by atoms with Crippen LogP contribution in [0.3, 0.4) is 0 Å². The molecule has 0 aromatic carbocycles. The van der Waals surface area contributed by atoms with E-state index in [1.165, 1.54) is 0 Å². The third-order valence-electron chi connectivity index (χ3n) is 4.12. The summed E-state index contributed by atoms with van der Waals surface area (Å²) >= 11 is 0. The first kappa shape index (κ1) is 20.9. The van der Waals surface area contributed by atoms with Gasteiger partial charge in [-0.1, -0.05) is 0 Å². The van der Waals surface area contributed by atoms with E-state index in [4.69, 9.17) is 24.1 Å². The van der Waals surface area contributed by atoms with Gasteiger partial charge >= 0.3 is 11.9 Å². The Kier molecular flexibility index (Phi) is 6.49. The Morgan fingerprint density at radius 1 is 0.731 bits per heavy atom. The number of carbonyl (C=O) groups is 2. The second kappa shape index (κ2) is 8.08. The van der Waals surface area contributed by atoms with Crippen molar-refractivity contribution in [2.75, 3.05) is 7.11 Å². The van der Waals surface area contributed by atoms with Crippen molar-refractivity contribution < 1.29 is 64.3 Å². The molecule has 2 aliphatic rings. The number of rotatable bonds is 5. The van der Waals surface area contributed by atoms with Gasteiger partial charge in [-0.2, -0.15) is 0 Å². The Bertz CT molecular complexity index is 526. The zero-order valence-electron chi connectivity index (χ0n) is 13.4. The fraction of sp³-hybridized carbons (Fsp3) is 0.846. The van der Waals surface area contributed by atoms with Crippen molar-refractivity contribution in [1.29, 1.82) is 0 Å². The first-order valence-electron chi connectivity index (χ1n) is 7.45. The molecular weight excluding hydrogens is 364 g/mol. The highest BCUT2D eigenvalue weighted by molar-refractivity contribution is 5.74. The Morgan fingerprint density at radius 2 is 1.23 bits per heavy atom. The minimum atomic E-state index is -1.99. The van der Waals surface area contributed by atoms with E-state index < -0.39 is 73.4 Å². The molecule has 26 heavy (non-hydrogen) atoms. The first-order chi connectivity index (χ1) is 12.1. The van der Waals surface area contributed by atoms with Crippen LogP contribution in [0.4, 0.5) is 0 Å². The molecule has 0 amide bonds. The summed E-state index contributed by atoms with van der Waals surface area (Å²) < 4.78 is 19.7. The lowest BCUT2D eigenvalue weighted by molar-refractivity contribution is -0.348. The van der Waals surface area contributed by atoms with E-state index in [1.54, 1.807) is 0 Å². The Balaban J connectivity index is 2.22. The van der Waals surface area contributed by atoms with Gasteiger partial charge in [0.05, 0.1) is 0 Å². The molecule has 2 fully saturated rings. The summed E-state index contributed by atoms with van der Waals surface area (Å²) in [5.74, 6) is -3.28. The predicted octanol–water partition coefficient (Wildman–Crippen LogP) is -4.56. The summed E-state index contributed by atoms with van der Waals surface area (Å²) in [7, 11) is 1.10. The first-order valence-corrected chi connectivity index (χ1v) is 7.45. The fourth-order valence-electron chi connectivity index (χ4n) is 2.70. The van der Waals surface area contributed by atoms with Crippen molar-refractivity contribution >= 4 is 11.9 Å². The maximum atomic E-state index is 11.4. The van der Waals surface area contributed by atoms with Crippen LogP contribution < -0.4 is 0 Å². The van der Waals surface area contributed by atoms with Gasteiger partial charge in [-0.3, -0.25) is 0 Å². The molecule has 2 rings (SSSR count). The van der Waals surface area contributed by atoms with E-state index in [0.717, 1.165) is 7.11 Å². The highest BCUT2D eigenvalue weighted by atomic mass is 16.7. The summed E-state index contributed by atoms with van der Waals surface area (Å²) in [5, 5.41) is 67.4. The Labute approximate surface area is 145 Å². The SMILES string of the molecule is COC1OC(C(=O)O)[C@H](O[C@H]2OC(C(=O)O)C(O)[C@@H](O)C2O)C(O)[C@@H]1O. The van der Waals surface area contributed by atoms with Crippen LogP contribution in [0.25, 0.3) is 0 Å². The van der Waals surface area contributed by atoms with Gasteiger partial charge in [0.1, 0.15) is 36.6 Å². The lowest BCUT2D eigenvalue weighted by Crippen LogP contribution is -2.65. The van der Waals surface area contributed by atoms with Crippen molar-refractivity contribution in [3.63, 3.8) is 0 Å². The van der Waals surface area contributed by atoms with Crippen molar-refractivity contribution in [2.24, 2.45) is 0 Å². The standard InChI is InChI=1S/C13H20O13/c1-23-12-6(18)4(16)7(9(26-12)11(21)22)24-13-5(17)2(14)3(15)8(25-13)10(19)20/h2-9,12-18H,1H3,(H,19,20)(H,21,22)/t2-,3?,4?,5?,6+,7-,8?,9?,12?,13+/m1/s1. The molecule has 2 aliphatic heterocycles. The molecule has 10 atom stereocenters. The summed E-state index contributed by atoms with van der Waals surface area (Å²) in [6, 6.07) is 0. The van der Waals surface area contributed by atoms with Gasteiger partial charge in [0.15, 0.2) is 24.8 Å². The zero-order valence-corrected chi connectivity index (χ0v) is 13.4. The van der Waals surface area contributed by atoms with Crippen LogP contribution >= 0.6 is 0 Å². The summed E-state index contributed by atoms with van der Waals surface area (Å²) in [6.45, 7) is 0. The molecule has 0 aromatic rings. The van der Waals surface area contributed by atoms with Crippen LogP contribution in [-0.2, 0) is 28.5 Å². The lowest BCUT2D eigenvalue weighted by atomic mass is 9.96. The molecule has 0 aromatic heterocycles. The molecule has 7 N–H and O–H groups in total. The van der Waals surface area contributed by atoms with E-state index in [0.29, 0.717) is 0 Å². The monoisotopic (exact) mass is 384 g/mol. The lowest BCUT2D eigenvalue weighted by Gasteiger charge is -2.44. The maximum Gasteiger partial charge on any atom is 0.335 e. The van der Waals surface area contributed by atoms with Crippen molar-refractivity contribution in [3.8, 4) is 0 Å². The smallest absolute Gasteiger partial charge is 0.335 e. The van der Waals surface area contributed by atoms with Crippen molar-refractivity contribution in [2.45, 2.75) is 61.4 Å². The predicted molar refractivity (Wildman–Crippen MR) is 74.5 cm³/mol. The minimum Gasteiger partial charge on any atom is -0.479 e. The van der Waals surface area contributed by atoms with Gasteiger partial charge in [-0.15, -0.1) is 0 Å². The summed E-state index contributed by atoms with van der Waals surface area (Å²) in [4.78, 5) is 22.4. The average Bonchev–Trinajstić information content (AvgIpc) is 2.58.